The van der Waals surface area contributed by atoms with Crippen molar-refractivity contribution >= 4 is 25.2 Å². The monoisotopic (exact) mass is 390 g/mol. The standard InChI is InChI=1S/C18H16BF3N4O2.H2/c19-12-2-1-11-7-28-10-26(9-17(14(11)3-12)8-18(17,21)22)6-15(27)25-16-23-4-13(20)5-24-16;/h1-5H,6-10H2,(H,23,24,25,27);1H/t17-;/m0./s1. The number of alkyl halides is 2. The molecule has 1 aromatic heterocycles. The van der Waals surface area contributed by atoms with Crippen molar-refractivity contribution in [3.05, 3.63) is 47.5 Å². The number of ether oxygens (including phenoxy) is 1. The van der Waals surface area contributed by atoms with Crippen molar-refractivity contribution in [2.45, 2.75) is 24.4 Å². The van der Waals surface area contributed by atoms with Gasteiger partial charge < -0.3 is 4.74 Å². The van der Waals surface area contributed by atoms with E-state index in [1.54, 1.807) is 18.2 Å². The molecule has 4 rings (SSSR count). The summed E-state index contributed by atoms with van der Waals surface area (Å²) in [5.74, 6) is -4.10. The van der Waals surface area contributed by atoms with E-state index < -0.39 is 23.1 Å². The van der Waals surface area contributed by atoms with Crippen LogP contribution in [0.2, 0.25) is 0 Å². The molecule has 1 aliphatic heterocycles. The second-order valence-corrected chi connectivity index (χ2v) is 7.12. The number of nitrogens with zero attached hydrogens (tertiary/aromatic N) is 3. The lowest BCUT2D eigenvalue weighted by Gasteiger charge is -2.31. The van der Waals surface area contributed by atoms with E-state index in [-0.39, 0.29) is 40.2 Å². The molecule has 1 amide bonds. The Hall–Kier alpha value is -2.46. The zero-order chi connectivity index (χ0) is 19.9. The SMILES string of the molecule is [B]c1ccc2c(c1)[C@@]1(CN(CC(=O)Nc3ncc(F)cn3)COC2)CC1(F)F.[HH]. The molecule has 1 spiro atoms. The Morgan fingerprint density at radius 1 is 1.36 bits per heavy atom. The maximum absolute atomic E-state index is 14.4. The van der Waals surface area contributed by atoms with E-state index in [1.165, 1.54) is 4.90 Å². The van der Waals surface area contributed by atoms with Crippen molar-refractivity contribution in [1.82, 2.24) is 14.9 Å². The molecule has 10 heteroatoms. The summed E-state index contributed by atoms with van der Waals surface area (Å²) in [6.07, 6.45) is 1.53. The predicted octanol–water partition coefficient (Wildman–Crippen LogP) is 1.36. The Morgan fingerprint density at radius 3 is 2.75 bits per heavy atom. The number of nitrogens with one attached hydrogen (secondary N) is 1. The molecule has 1 fully saturated rings. The molecule has 2 heterocycles. The maximum Gasteiger partial charge on any atom is 0.260 e. The van der Waals surface area contributed by atoms with Gasteiger partial charge in [0.15, 0.2) is 5.82 Å². The van der Waals surface area contributed by atoms with Crippen LogP contribution in [0.25, 0.3) is 0 Å². The van der Waals surface area contributed by atoms with Crippen LogP contribution in [-0.2, 0) is 21.6 Å². The van der Waals surface area contributed by atoms with Gasteiger partial charge in [0.05, 0.1) is 37.7 Å². The molecule has 1 saturated carbocycles. The highest BCUT2D eigenvalue weighted by Gasteiger charge is 2.72. The first kappa shape index (κ1) is 18.9. The lowest BCUT2D eigenvalue weighted by atomic mass is 9.84. The molecule has 6 nitrogen and oxygen atoms in total. The van der Waals surface area contributed by atoms with Gasteiger partial charge in [0.2, 0.25) is 11.9 Å². The highest BCUT2D eigenvalue weighted by Crippen LogP contribution is 2.62. The van der Waals surface area contributed by atoms with Gasteiger partial charge in [-0.1, -0.05) is 23.7 Å². The number of benzene rings is 1. The highest BCUT2D eigenvalue weighted by atomic mass is 19.3. The van der Waals surface area contributed by atoms with Crippen LogP contribution in [0.1, 0.15) is 19.0 Å². The lowest BCUT2D eigenvalue weighted by molar-refractivity contribution is -0.119. The minimum Gasteiger partial charge on any atom is -0.361 e. The topological polar surface area (TPSA) is 67.4 Å². The number of hydrogen-bond acceptors (Lipinski definition) is 5. The van der Waals surface area contributed by atoms with E-state index in [0.29, 0.717) is 16.6 Å². The largest absolute Gasteiger partial charge is 0.361 e. The van der Waals surface area contributed by atoms with Gasteiger partial charge in [-0.3, -0.25) is 15.0 Å². The fraction of sp³-hybridized carbons (Fsp3) is 0.389. The molecule has 28 heavy (non-hydrogen) atoms. The van der Waals surface area contributed by atoms with Crippen LogP contribution in [-0.4, -0.2) is 54.4 Å². The van der Waals surface area contributed by atoms with Crippen molar-refractivity contribution in [2.24, 2.45) is 0 Å². The summed E-state index contributed by atoms with van der Waals surface area (Å²) in [5, 5.41) is 2.42. The van der Waals surface area contributed by atoms with E-state index in [1.807, 2.05) is 0 Å². The van der Waals surface area contributed by atoms with Crippen LogP contribution in [0, 0.1) is 5.82 Å². The molecule has 0 saturated heterocycles. The Bertz CT molecular complexity index is 918. The number of amides is 1. The molecule has 0 bridgehead atoms. The lowest BCUT2D eigenvalue weighted by Crippen LogP contribution is -2.43. The third-order valence-electron chi connectivity index (χ3n) is 5.01. The second-order valence-electron chi connectivity index (χ2n) is 7.12. The fourth-order valence-electron chi connectivity index (χ4n) is 3.61. The molecule has 1 aromatic carbocycles. The van der Waals surface area contributed by atoms with Crippen molar-refractivity contribution < 1.29 is 24.1 Å². The van der Waals surface area contributed by atoms with Crippen LogP contribution < -0.4 is 10.8 Å². The number of hydrogen-bond donors (Lipinski definition) is 1. The summed E-state index contributed by atoms with van der Waals surface area (Å²) in [4.78, 5) is 21.1. The minimum atomic E-state index is -2.89. The van der Waals surface area contributed by atoms with E-state index >= 15 is 0 Å². The van der Waals surface area contributed by atoms with Crippen LogP contribution >= 0.6 is 0 Å². The van der Waals surface area contributed by atoms with Gasteiger partial charge >= 0.3 is 0 Å². The summed E-state index contributed by atoms with van der Waals surface area (Å²) in [5.41, 5.74) is 0.146. The van der Waals surface area contributed by atoms with E-state index in [2.05, 4.69) is 15.3 Å². The molecule has 1 atom stereocenters. The quantitative estimate of drug-likeness (QED) is 0.802. The third-order valence-corrected chi connectivity index (χ3v) is 5.01. The molecule has 2 aromatic rings. The van der Waals surface area contributed by atoms with Crippen molar-refractivity contribution in [2.75, 3.05) is 25.1 Å². The third kappa shape index (κ3) is 3.49. The van der Waals surface area contributed by atoms with E-state index in [0.717, 1.165) is 12.4 Å². The Balaban J connectivity index is 0.00000240. The highest BCUT2D eigenvalue weighted by molar-refractivity contribution is 6.32. The van der Waals surface area contributed by atoms with Gasteiger partial charge in [-0.15, -0.1) is 0 Å². The normalized spacial score (nSPS) is 23.5. The number of fused-ring (bicyclic) bond motifs is 2. The molecule has 1 aliphatic carbocycles. The van der Waals surface area contributed by atoms with Crippen LogP contribution in [0.4, 0.5) is 19.1 Å². The van der Waals surface area contributed by atoms with Crippen molar-refractivity contribution in [3.63, 3.8) is 0 Å². The van der Waals surface area contributed by atoms with Crippen LogP contribution in [0.15, 0.2) is 30.6 Å². The Kier molecular flexibility index (Phi) is 4.63. The van der Waals surface area contributed by atoms with E-state index in [9.17, 15) is 18.0 Å². The molecule has 1 N–H and O–H groups in total. The fourth-order valence-corrected chi connectivity index (χ4v) is 3.61. The number of anilines is 1. The predicted molar refractivity (Wildman–Crippen MR) is 97.0 cm³/mol. The second kappa shape index (κ2) is 6.86. The number of aromatic nitrogens is 2. The number of halogens is 3. The van der Waals surface area contributed by atoms with Crippen LogP contribution in [0.5, 0.6) is 0 Å². The zero-order valence-corrected chi connectivity index (χ0v) is 14.8. The Labute approximate surface area is 162 Å². The Morgan fingerprint density at radius 2 is 2.07 bits per heavy atom. The summed E-state index contributed by atoms with van der Waals surface area (Å²) >= 11 is 0. The average molecular weight is 390 g/mol. The van der Waals surface area contributed by atoms with Crippen LogP contribution in [0.3, 0.4) is 0 Å². The number of carbonyl (C=O) groups excluding carboxylic acids is 1. The van der Waals surface area contributed by atoms with Crippen molar-refractivity contribution in [1.29, 1.82) is 0 Å². The molecular formula is C18H18BF3N4O2. The molecule has 2 radical (unpaired) electrons. The maximum atomic E-state index is 14.4. The first-order chi connectivity index (χ1) is 13.3. The molecule has 146 valence electrons. The van der Waals surface area contributed by atoms with Gasteiger partial charge in [0.1, 0.15) is 7.85 Å². The van der Waals surface area contributed by atoms with Gasteiger partial charge in [0.25, 0.3) is 5.92 Å². The molecule has 2 aliphatic rings. The summed E-state index contributed by atoms with van der Waals surface area (Å²) in [6.45, 7) is -0.101. The summed E-state index contributed by atoms with van der Waals surface area (Å²) in [7, 11) is 5.82. The van der Waals surface area contributed by atoms with Crippen molar-refractivity contribution in [3.8, 4) is 0 Å². The van der Waals surface area contributed by atoms with Gasteiger partial charge in [-0.2, -0.15) is 0 Å². The number of carbonyl (C=O) groups is 1. The van der Waals surface area contributed by atoms with Gasteiger partial charge in [-0.05, 0) is 11.1 Å². The smallest absolute Gasteiger partial charge is 0.260 e. The first-order valence-electron chi connectivity index (χ1n) is 8.63. The zero-order valence-electron chi connectivity index (χ0n) is 14.8. The van der Waals surface area contributed by atoms with Gasteiger partial charge in [0, 0.05) is 14.4 Å². The molecular weight excluding hydrogens is 372 g/mol. The minimum absolute atomic E-state index is 0. The van der Waals surface area contributed by atoms with E-state index in [4.69, 9.17) is 12.6 Å². The number of rotatable bonds is 3. The van der Waals surface area contributed by atoms with Gasteiger partial charge in [-0.25, -0.2) is 23.1 Å². The first-order valence-corrected chi connectivity index (χ1v) is 8.63. The average Bonchev–Trinajstić information content (AvgIpc) is 3.18. The summed E-state index contributed by atoms with van der Waals surface area (Å²) < 4.78 is 47.3. The summed E-state index contributed by atoms with van der Waals surface area (Å²) in [6, 6.07) is 4.93. The molecule has 0 unspecified atom stereocenters.